The molecule has 2 aromatic rings. The zero-order chi connectivity index (χ0) is 20.8. The van der Waals surface area contributed by atoms with E-state index < -0.39 is 0 Å². The number of hydrogen-bond acceptors (Lipinski definition) is 8. The number of nitrogens with zero attached hydrogens (tertiary/aromatic N) is 6. The molecule has 1 saturated heterocycles. The van der Waals surface area contributed by atoms with Gasteiger partial charge in [0.1, 0.15) is 12.3 Å². The second kappa shape index (κ2) is 9.55. The van der Waals surface area contributed by atoms with Gasteiger partial charge in [-0.3, -0.25) is 14.6 Å². The standard InChI is InChI=1S/C19H26N6O4/c1-13-9-21-16(10-20-13)19(27)24-7-4-5-15(11-24)25(14(2)26)8-6-17-22-18(12-28-3)29-23-17/h9-10,15H,4-8,11-12H2,1-3H3. The number of carbonyl (C=O) groups excluding carboxylic acids is 2. The van der Waals surface area contributed by atoms with E-state index in [1.807, 2.05) is 6.92 Å². The number of rotatable bonds is 7. The molecule has 1 aliphatic heterocycles. The average molecular weight is 402 g/mol. The lowest BCUT2D eigenvalue weighted by Gasteiger charge is -2.38. The van der Waals surface area contributed by atoms with E-state index in [1.165, 1.54) is 6.20 Å². The van der Waals surface area contributed by atoms with Gasteiger partial charge in [-0.2, -0.15) is 4.98 Å². The van der Waals surface area contributed by atoms with E-state index in [9.17, 15) is 9.59 Å². The highest BCUT2D eigenvalue weighted by atomic mass is 16.5. The van der Waals surface area contributed by atoms with Crippen molar-refractivity contribution >= 4 is 11.8 Å². The molecule has 0 saturated carbocycles. The van der Waals surface area contributed by atoms with Gasteiger partial charge in [-0.15, -0.1) is 0 Å². The summed E-state index contributed by atoms with van der Waals surface area (Å²) in [6, 6.07) is -0.0612. The van der Waals surface area contributed by atoms with E-state index in [4.69, 9.17) is 9.26 Å². The van der Waals surface area contributed by atoms with Gasteiger partial charge in [-0.05, 0) is 19.8 Å². The molecule has 0 bridgehead atoms. The zero-order valence-corrected chi connectivity index (χ0v) is 17.0. The van der Waals surface area contributed by atoms with Crippen molar-refractivity contribution in [3.8, 4) is 0 Å². The fourth-order valence-electron chi connectivity index (χ4n) is 3.45. The number of methoxy groups -OCH3 is 1. The van der Waals surface area contributed by atoms with E-state index >= 15 is 0 Å². The second-order valence-electron chi connectivity index (χ2n) is 7.09. The van der Waals surface area contributed by atoms with Crippen LogP contribution in [0, 0.1) is 6.92 Å². The third-order valence-electron chi connectivity index (χ3n) is 4.88. The first-order chi connectivity index (χ1) is 14.0. The van der Waals surface area contributed by atoms with Crippen molar-refractivity contribution in [3.05, 3.63) is 35.5 Å². The molecule has 1 atom stereocenters. The Labute approximate surface area is 169 Å². The topological polar surface area (TPSA) is 115 Å². The molecule has 0 aliphatic carbocycles. The van der Waals surface area contributed by atoms with Gasteiger partial charge in [-0.25, -0.2) is 4.98 Å². The fraction of sp³-hybridized carbons (Fsp3) is 0.579. The molecule has 3 heterocycles. The number of hydrogen-bond donors (Lipinski definition) is 0. The van der Waals surface area contributed by atoms with Crippen LogP contribution in [0.3, 0.4) is 0 Å². The maximum absolute atomic E-state index is 12.8. The zero-order valence-electron chi connectivity index (χ0n) is 17.0. The van der Waals surface area contributed by atoms with Crippen molar-refractivity contribution in [2.75, 3.05) is 26.7 Å². The molecule has 10 heteroatoms. The number of carbonyl (C=O) groups is 2. The fourth-order valence-corrected chi connectivity index (χ4v) is 3.45. The predicted molar refractivity (Wildman–Crippen MR) is 102 cm³/mol. The minimum Gasteiger partial charge on any atom is -0.375 e. The molecule has 156 valence electrons. The second-order valence-corrected chi connectivity index (χ2v) is 7.09. The summed E-state index contributed by atoms with van der Waals surface area (Å²) in [5, 5.41) is 3.92. The monoisotopic (exact) mass is 402 g/mol. The summed E-state index contributed by atoms with van der Waals surface area (Å²) in [5.74, 6) is 0.737. The van der Waals surface area contributed by atoms with E-state index in [0.29, 0.717) is 43.5 Å². The smallest absolute Gasteiger partial charge is 0.274 e. The van der Waals surface area contributed by atoms with Gasteiger partial charge in [0.2, 0.25) is 5.91 Å². The minimum absolute atomic E-state index is 0.0416. The van der Waals surface area contributed by atoms with Gasteiger partial charge in [0, 0.05) is 52.3 Å². The maximum atomic E-state index is 12.8. The van der Waals surface area contributed by atoms with Crippen molar-refractivity contribution in [3.63, 3.8) is 0 Å². The first-order valence-corrected chi connectivity index (χ1v) is 9.63. The van der Waals surface area contributed by atoms with Crippen molar-refractivity contribution in [1.29, 1.82) is 0 Å². The third kappa shape index (κ3) is 5.35. The van der Waals surface area contributed by atoms with Crippen molar-refractivity contribution < 1.29 is 18.8 Å². The number of ether oxygens (including phenoxy) is 1. The van der Waals surface area contributed by atoms with Gasteiger partial charge >= 0.3 is 0 Å². The summed E-state index contributed by atoms with van der Waals surface area (Å²) < 4.78 is 10.1. The Morgan fingerprint density at radius 1 is 1.34 bits per heavy atom. The number of piperidine rings is 1. The highest BCUT2D eigenvalue weighted by Gasteiger charge is 2.30. The minimum atomic E-state index is -0.159. The Hall–Kier alpha value is -2.88. The van der Waals surface area contributed by atoms with Crippen LogP contribution in [0.1, 0.15) is 47.7 Å². The molecule has 1 fully saturated rings. The van der Waals surface area contributed by atoms with Crippen LogP contribution in [0.25, 0.3) is 0 Å². The molecule has 3 rings (SSSR count). The van der Waals surface area contributed by atoms with Gasteiger partial charge in [0.05, 0.1) is 11.9 Å². The van der Waals surface area contributed by atoms with Crippen molar-refractivity contribution in [2.24, 2.45) is 0 Å². The number of amides is 2. The van der Waals surface area contributed by atoms with Crippen LogP contribution < -0.4 is 0 Å². The summed E-state index contributed by atoms with van der Waals surface area (Å²) >= 11 is 0. The Bertz CT molecular complexity index is 837. The van der Waals surface area contributed by atoms with Crippen LogP contribution in [-0.2, 0) is 22.6 Å². The molecule has 29 heavy (non-hydrogen) atoms. The van der Waals surface area contributed by atoms with E-state index in [2.05, 4.69) is 20.1 Å². The van der Waals surface area contributed by atoms with Crippen LogP contribution in [0.15, 0.2) is 16.9 Å². The van der Waals surface area contributed by atoms with Crippen LogP contribution in [0.5, 0.6) is 0 Å². The number of aryl methyl sites for hydroxylation is 1. The van der Waals surface area contributed by atoms with Gasteiger partial charge in [0.25, 0.3) is 11.8 Å². The Morgan fingerprint density at radius 2 is 2.17 bits per heavy atom. The van der Waals surface area contributed by atoms with Crippen LogP contribution >= 0.6 is 0 Å². The molecule has 2 amide bonds. The van der Waals surface area contributed by atoms with Crippen molar-refractivity contribution in [2.45, 2.75) is 45.8 Å². The normalized spacial score (nSPS) is 16.7. The molecule has 0 aromatic carbocycles. The van der Waals surface area contributed by atoms with E-state index in [0.717, 1.165) is 18.5 Å². The lowest BCUT2D eigenvalue weighted by Crippen LogP contribution is -2.51. The highest BCUT2D eigenvalue weighted by molar-refractivity contribution is 5.92. The first-order valence-electron chi connectivity index (χ1n) is 9.63. The molecular weight excluding hydrogens is 376 g/mol. The maximum Gasteiger partial charge on any atom is 0.274 e. The quantitative estimate of drug-likeness (QED) is 0.674. The molecule has 10 nitrogen and oxygen atoms in total. The van der Waals surface area contributed by atoms with E-state index in [1.54, 1.807) is 30.0 Å². The molecule has 0 N–H and O–H groups in total. The summed E-state index contributed by atoms with van der Waals surface area (Å²) in [7, 11) is 1.56. The predicted octanol–water partition coefficient (Wildman–Crippen LogP) is 1.01. The number of likely N-dealkylation sites (tertiary alicyclic amines) is 1. The number of aromatic nitrogens is 4. The molecule has 0 spiro atoms. The van der Waals surface area contributed by atoms with Crippen LogP contribution in [0.4, 0.5) is 0 Å². The summed E-state index contributed by atoms with van der Waals surface area (Å²) in [6.45, 7) is 5.18. The van der Waals surface area contributed by atoms with Gasteiger partial charge in [-0.1, -0.05) is 5.16 Å². The first kappa shape index (κ1) is 20.8. The molecule has 1 aliphatic rings. The summed E-state index contributed by atoms with van der Waals surface area (Å²) in [4.78, 5) is 41.1. The lowest BCUT2D eigenvalue weighted by molar-refractivity contribution is -0.132. The van der Waals surface area contributed by atoms with Gasteiger partial charge in [0.15, 0.2) is 5.82 Å². The summed E-state index contributed by atoms with van der Waals surface area (Å²) in [6.07, 6.45) is 5.21. The van der Waals surface area contributed by atoms with Crippen molar-refractivity contribution in [1.82, 2.24) is 29.9 Å². The summed E-state index contributed by atoms with van der Waals surface area (Å²) in [5.41, 5.74) is 1.08. The molecular formula is C19H26N6O4. The Morgan fingerprint density at radius 3 is 2.86 bits per heavy atom. The highest BCUT2D eigenvalue weighted by Crippen LogP contribution is 2.18. The lowest BCUT2D eigenvalue weighted by atomic mass is 10.0. The molecule has 1 unspecified atom stereocenters. The van der Waals surface area contributed by atoms with E-state index in [-0.39, 0.29) is 24.5 Å². The Balaban J connectivity index is 1.63. The molecule has 0 radical (unpaired) electrons. The third-order valence-corrected chi connectivity index (χ3v) is 4.88. The molecule has 2 aromatic heterocycles. The van der Waals surface area contributed by atoms with Crippen LogP contribution in [-0.4, -0.2) is 74.5 Å². The Kier molecular flexibility index (Phi) is 6.86. The van der Waals surface area contributed by atoms with Crippen LogP contribution in [0.2, 0.25) is 0 Å². The SMILES string of the molecule is COCc1nc(CCN(C(C)=O)C2CCCN(C(=O)c3cnc(C)cn3)C2)no1. The average Bonchev–Trinajstić information content (AvgIpc) is 3.16. The van der Waals surface area contributed by atoms with Gasteiger partial charge < -0.3 is 19.1 Å². The largest absolute Gasteiger partial charge is 0.375 e.